The third-order valence-electron chi connectivity index (χ3n) is 3.08. The highest BCUT2D eigenvalue weighted by Gasteiger charge is 2.34. The summed E-state index contributed by atoms with van der Waals surface area (Å²) < 4.78 is 0. The summed E-state index contributed by atoms with van der Waals surface area (Å²) >= 11 is 0. The average Bonchev–Trinajstić information content (AvgIpc) is 1.99. The van der Waals surface area contributed by atoms with Crippen LogP contribution in [0.3, 0.4) is 0 Å². The lowest BCUT2D eigenvalue weighted by molar-refractivity contribution is 0.0309. The summed E-state index contributed by atoms with van der Waals surface area (Å²) in [5, 5.41) is 13.8. The van der Waals surface area contributed by atoms with E-state index in [4.69, 9.17) is 0 Å². The van der Waals surface area contributed by atoms with Crippen LogP contribution in [0.25, 0.3) is 0 Å². The van der Waals surface area contributed by atoms with Crippen LogP contribution in [0.5, 0.6) is 0 Å². The fourth-order valence-corrected chi connectivity index (χ4v) is 2.47. The standard InChI is InChI=1S/C14H30NO/c1-9-10-11(2)12(13(3,4)5)15(16)14(6,7)8/h11-12H,9-10H2,1-8H3/q-1. The second kappa shape index (κ2) is 5.50. The van der Waals surface area contributed by atoms with Crippen molar-refractivity contribution in [2.75, 3.05) is 0 Å². The Balaban J connectivity index is 4.96. The van der Waals surface area contributed by atoms with Crippen LogP contribution in [0, 0.1) is 16.5 Å². The van der Waals surface area contributed by atoms with E-state index in [1.807, 2.05) is 20.8 Å². The molecular weight excluding hydrogens is 198 g/mol. The maximum absolute atomic E-state index is 12.4. The fraction of sp³-hybridized carbons (Fsp3) is 1.00. The molecule has 0 aromatic carbocycles. The van der Waals surface area contributed by atoms with Crippen molar-refractivity contribution in [1.29, 1.82) is 0 Å². The van der Waals surface area contributed by atoms with Gasteiger partial charge in [-0.25, -0.2) is 0 Å². The lowest BCUT2D eigenvalue weighted by Gasteiger charge is -2.54. The van der Waals surface area contributed by atoms with Gasteiger partial charge in [-0.2, -0.15) is 0 Å². The summed E-state index contributed by atoms with van der Waals surface area (Å²) in [6.07, 6.45) is 2.27. The first-order valence-corrected chi connectivity index (χ1v) is 6.48. The van der Waals surface area contributed by atoms with Crippen LogP contribution in [0.2, 0.25) is 0 Å². The monoisotopic (exact) mass is 228 g/mol. The Hall–Kier alpha value is -0.0800. The van der Waals surface area contributed by atoms with Gasteiger partial charge in [-0.15, -0.1) is 0 Å². The third kappa shape index (κ3) is 4.42. The summed E-state index contributed by atoms with van der Waals surface area (Å²) in [5.74, 6) is 0.446. The Labute approximate surface area is 102 Å². The number of hydroxylamine groups is 2. The molecule has 0 N–H and O–H groups in total. The molecule has 2 atom stereocenters. The molecule has 0 aliphatic heterocycles. The Morgan fingerprint density at radius 1 is 1.06 bits per heavy atom. The van der Waals surface area contributed by atoms with E-state index in [-0.39, 0.29) is 17.0 Å². The molecule has 0 saturated heterocycles. The summed E-state index contributed by atoms with van der Waals surface area (Å²) in [6.45, 7) is 16.9. The van der Waals surface area contributed by atoms with Crippen LogP contribution in [0.1, 0.15) is 68.2 Å². The molecule has 0 aromatic rings. The smallest absolute Gasteiger partial charge is 0.00533 e. The van der Waals surface area contributed by atoms with Gasteiger partial charge in [0.1, 0.15) is 0 Å². The van der Waals surface area contributed by atoms with E-state index < -0.39 is 0 Å². The quantitative estimate of drug-likeness (QED) is 0.665. The van der Waals surface area contributed by atoms with Crippen molar-refractivity contribution in [3.05, 3.63) is 5.21 Å². The van der Waals surface area contributed by atoms with Gasteiger partial charge >= 0.3 is 0 Å². The maximum atomic E-state index is 12.4. The molecule has 16 heavy (non-hydrogen) atoms. The second-order valence-corrected chi connectivity index (χ2v) is 7.07. The van der Waals surface area contributed by atoms with Gasteiger partial charge in [0, 0.05) is 11.6 Å². The zero-order valence-electron chi connectivity index (χ0n) is 12.4. The molecule has 0 heterocycles. The van der Waals surface area contributed by atoms with Gasteiger partial charge in [0.15, 0.2) is 0 Å². The van der Waals surface area contributed by atoms with E-state index in [0.29, 0.717) is 5.92 Å². The zero-order chi connectivity index (χ0) is 13.1. The third-order valence-corrected chi connectivity index (χ3v) is 3.08. The minimum absolute atomic E-state index is 0.0314. The first-order valence-electron chi connectivity index (χ1n) is 6.48. The molecular formula is C14H30NO-. The number of hydrogen-bond acceptors (Lipinski definition) is 2. The van der Waals surface area contributed by atoms with Gasteiger partial charge in [0.2, 0.25) is 0 Å². The van der Waals surface area contributed by atoms with Crippen molar-refractivity contribution in [2.45, 2.75) is 79.8 Å². The zero-order valence-corrected chi connectivity index (χ0v) is 12.4. The molecule has 0 radical (unpaired) electrons. The van der Waals surface area contributed by atoms with E-state index in [9.17, 15) is 5.21 Å². The van der Waals surface area contributed by atoms with Crippen molar-refractivity contribution in [2.24, 2.45) is 11.3 Å². The van der Waals surface area contributed by atoms with E-state index in [1.165, 1.54) is 5.06 Å². The molecule has 2 unspecified atom stereocenters. The van der Waals surface area contributed by atoms with E-state index >= 15 is 0 Å². The summed E-state index contributed by atoms with van der Waals surface area (Å²) in [4.78, 5) is 0. The molecule has 0 spiro atoms. The van der Waals surface area contributed by atoms with Gasteiger partial charge in [-0.1, -0.05) is 41.0 Å². The minimum atomic E-state index is -0.306. The van der Waals surface area contributed by atoms with E-state index in [0.717, 1.165) is 12.8 Å². The SMILES string of the molecule is CCCC(C)C(N([O-])C(C)(C)C)C(C)(C)C. The molecule has 0 aromatic heterocycles. The van der Waals surface area contributed by atoms with Crippen LogP contribution in [-0.4, -0.2) is 16.6 Å². The predicted molar refractivity (Wildman–Crippen MR) is 72.3 cm³/mol. The molecule has 0 fully saturated rings. The van der Waals surface area contributed by atoms with Crippen LogP contribution in [-0.2, 0) is 0 Å². The van der Waals surface area contributed by atoms with Crippen LogP contribution < -0.4 is 0 Å². The van der Waals surface area contributed by atoms with Gasteiger partial charge in [-0.3, -0.25) is 0 Å². The van der Waals surface area contributed by atoms with E-state index in [2.05, 4.69) is 34.6 Å². The fourth-order valence-electron chi connectivity index (χ4n) is 2.47. The van der Waals surface area contributed by atoms with Crippen LogP contribution in [0.4, 0.5) is 0 Å². The van der Waals surface area contributed by atoms with Crippen molar-refractivity contribution in [3.63, 3.8) is 0 Å². The molecule has 2 nitrogen and oxygen atoms in total. The van der Waals surface area contributed by atoms with Gasteiger partial charge in [0.25, 0.3) is 0 Å². The Kier molecular flexibility index (Phi) is 5.48. The average molecular weight is 228 g/mol. The maximum Gasteiger partial charge on any atom is 0.00533 e. The lowest BCUT2D eigenvalue weighted by atomic mass is 9.76. The van der Waals surface area contributed by atoms with Crippen molar-refractivity contribution >= 4 is 0 Å². The highest BCUT2D eigenvalue weighted by atomic mass is 16.5. The first kappa shape index (κ1) is 15.9. The summed E-state index contributed by atoms with van der Waals surface area (Å²) in [6, 6.07) is 0.0902. The number of rotatable bonds is 4. The Morgan fingerprint density at radius 3 is 1.75 bits per heavy atom. The second-order valence-electron chi connectivity index (χ2n) is 7.07. The molecule has 0 bridgehead atoms. The molecule has 0 rings (SSSR count). The molecule has 98 valence electrons. The van der Waals surface area contributed by atoms with Crippen LogP contribution >= 0.6 is 0 Å². The highest BCUT2D eigenvalue weighted by molar-refractivity contribution is 4.92. The van der Waals surface area contributed by atoms with Crippen molar-refractivity contribution < 1.29 is 0 Å². The Morgan fingerprint density at radius 2 is 1.50 bits per heavy atom. The lowest BCUT2D eigenvalue weighted by Crippen LogP contribution is -2.52. The number of hydrogen-bond donors (Lipinski definition) is 0. The molecule has 0 aliphatic rings. The highest BCUT2D eigenvalue weighted by Crippen LogP contribution is 2.35. The largest absolute Gasteiger partial charge is 0.785 e. The Bertz CT molecular complexity index is 200. The molecule has 0 saturated carbocycles. The van der Waals surface area contributed by atoms with Crippen molar-refractivity contribution in [3.8, 4) is 0 Å². The minimum Gasteiger partial charge on any atom is -0.785 e. The topological polar surface area (TPSA) is 26.3 Å². The predicted octanol–water partition coefficient (Wildman–Crippen LogP) is 4.44. The normalized spacial score (nSPS) is 17.6. The first-order chi connectivity index (χ1) is 7.01. The molecule has 2 heteroatoms. The van der Waals surface area contributed by atoms with Gasteiger partial charge < -0.3 is 10.3 Å². The summed E-state index contributed by atoms with van der Waals surface area (Å²) in [7, 11) is 0. The van der Waals surface area contributed by atoms with Crippen molar-refractivity contribution in [1.82, 2.24) is 5.06 Å². The summed E-state index contributed by atoms with van der Waals surface area (Å²) in [5.41, 5.74) is -0.274. The van der Waals surface area contributed by atoms with E-state index in [1.54, 1.807) is 0 Å². The van der Waals surface area contributed by atoms with Gasteiger partial charge in [0.05, 0.1) is 0 Å². The number of nitrogens with zero attached hydrogens (tertiary/aromatic N) is 1. The molecule has 0 amide bonds. The van der Waals surface area contributed by atoms with Crippen LogP contribution in [0.15, 0.2) is 0 Å². The van der Waals surface area contributed by atoms with Gasteiger partial charge in [-0.05, 0) is 38.5 Å². The molecule has 0 aliphatic carbocycles.